The Hall–Kier alpha value is -2.80. The Morgan fingerprint density at radius 1 is 0.778 bits per heavy atom. The molecule has 2 amide bonds. The minimum absolute atomic E-state index is 0.195. The minimum atomic E-state index is -0.950. The summed E-state index contributed by atoms with van der Waals surface area (Å²) in [6.07, 6.45) is 7.96. The molecule has 4 rings (SSSR count). The molecule has 1 aliphatic heterocycles. The van der Waals surface area contributed by atoms with Crippen LogP contribution in [0.3, 0.4) is 0 Å². The van der Waals surface area contributed by atoms with Crippen LogP contribution in [0.5, 0.6) is 0 Å². The average Bonchev–Trinajstić information content (AvgIpc) is 2.94. The van der Waals surface area contributed by atoms with Crippen molar-refractivity contribution < 1.29 is 34.1 Å². The van der Waals surface area contributed by atoms with E-state index in [0.717, 1.165) is 11.1 Å². The molecule has 0 fully saturated rings. The number of benzene rings is 2. The molecule has 0 unspecified atom stereocenters. The number of nitrogens with zero attached hydrogens (tertiary/aromatic N) is 2. The third-order valence-electron chi connectivity index (χ3n) is 4.27. The van der Waals surface area contributed by atoms with E-state index in [0.29, 0.717) is 11.1 Å². The van der Waals surface area contributed by atoms with Gasteiger partial charge in [-0.3, -0.25) is 0 Å². The monoisotopic (exact) mass is 468 g/mol. The van der Waals surface area contributed by atoms with Crippen LogP contribution in [-0.2, 0) is 0 Å². The van der Waals surface area contributed by atoms with Gasteiger partial charge in [-0.05, 0) is 0 Å². The van der Waals surface area contributed by atoms with E-state index in [1.807, 2.05) is 27.3 Å². The van der Waals surface area contributed by atoms with Crippen molar-refractivity contribution in [1.29, 1.82) is 0 Å². The van der Waals surface area contributed by atoms with E-state index in [2.05, 4.69) is 43.3 Å². The zero-order chi connectivity index (χ0) is 18.8. The molecule has 0 saturated heterocycles. The maximum atomic E-state index is 12.5. The Labute approximate surface area is 168 Å². The fourth-order valence-electron chi connectivity index (χ4n) is 2.77. The van der Waals surface area contributed by atoms with Crippen molar-refractivity contribution in [3.63, 3.8) is 0 Å². The molecule has 0 saturated carbocycles. The van der Waals surface area contributed by atoms with Crippen LogP contribution in [0, 0.1) is 6.92 Å². The molecule has 2 heterocycles. The van der Waals surface area contributed by atoms with E-state index in [9.17, 15) is 9.59 Å². The average molecular weight is 468 g/mol. The van der Waals surface area contributed by atoms with Crippen LogP contribution in [0.25, 0.3) is 12.2 Å². The van der Waals surface area contributed by atoms with Gasteiger partial charge in [0.05, 0.1) is 0 Å². The number of amides is 2. The number of carbonyl (C=O) groups is 2. The summed E-state index contributed by atoms with van der Waals surface area (Å²) in [5, 5.41) is 0. The van der Waals surface area contributed by atoms with Crippen LogP contribution in [0.4, 0.5) is 0 Å². The van der Waals surface area contributed by atoms with Gasteiger partial charge in [0.2, 0.25) is 0 Å². The Morgan fingerprint density at radius 3 is 1.85 bits per heavy atom. The van der Waals surface area contributed by atoms with E-state index in [4.69, 9.17) is 0 Å². The SMILES string of the molecule is Cc1ccc(/C=C/c2cc[n+]([I-]N3C(=O)c4ccccc4C3=O)cc2)cc1. The van der Waals surface area contributed by atoms with Crippen molar-refractivity contribution in [3.05, 3.63) is 101 Å². The van der Waals surface area contributed by atoms with E-state index >= 15 is 0 Å². The molecule has 0 aliphatic carbocycles. The second kappa shape index (κ2) is 7.44. The van der Waals surface area contributed by atoms with Crippen LogP contribution in [0.1, 0.15) is 37.4 Å². The Kier molecular flexibility index (Phi) is 4.85. The second-order valence-electron chi connectivity index (χ2n) is 6.23. The van der Waals surface area contributed by atoms with Gasteiger partial charge < -0.3 is 0 Å². The molecule has 0 atom stereocenters. The molecular weight excluding hydrogens is 451 g/mol. The number of fused-ring (bicyclic) bond motifs is 1. The molecule has 0 spiro atoms. The Balaban J connectivity index is 1.46. The van der Waals surface area contributed by atoms with Gasteiger partial charge in [-0.1, -0.05) is 0 Å². The fraction of sp³-hybridized carbons (Fsp3) is 0.0455. The zero-order valence-corrected chi connectivity index (χ0v) is 16.8. The Morgan fingerprint density at radius 2 is 1.30 bits per heavy atom. The molecule has 1 aromatic heterocycles. The van der Waals surface area contributed by atoms with Gasteiger partial charge in [-0.2, -0.15) is 0 Å². The number of pyridine rings is 1. The number of hydrogen-bond donors (Lipinski definition) is 0. The summed E-state index contributed by atoms with van der Waals surface area (Å²) in [5.41, 5.74) is 4.46. The second-order valence-corrected chi connectivity index (χ2v) is 8.74. The number of halogens is 1. The standard InChI is InChI=1S/C22H17IN2O2/c1-16-6-8-17(9-7-16)10-11-18-12-14-24(15-13-18)23-25-21(26)19-4-2-3-5-20(19)22(25)27/h2-15H,1H3/b11-10+. The van der Waals surface area contributed by atoms with E-state index in [1.54, 1.807) is 24.3 Å². The summed E-state index contributed by atoms with van der Waals surface area (Å²) in [6.45, 7) is 2.07. The van der Waals surface area contributed by atoms with E-state index in [1.165, 1.54) is 8.68 Å². The number of aryl methyl sites for hydroxylation is 1. The van der Waals surface area contributed by atoms with Gasteiger partial charge in [-0.25, -0.2) is 0 Å². The molecular formula is C22H17IN2O2. The summed E-state index contributed by atoms with van der Waals surface area (Å²) in [4.78, 5) is 24.9. The predicted octanol–water partition coefficient (Wildman–Crippen LogP) is 0.516. The van der Waals surface area contributed by atoms with Crippen molar-refractivity contribution in [3.8, 4) is 0 Å². The third kappa shape index (κ3) is 3.68. The van der Waals surface area contributed by atoms with Crippen LogP contribution < -0.4 is 24.5 Å². The van der Waals surface area contributed by atoms with Crippen LogP contribution in [0.2, 0.25) is 0 Å². The molecule has 0 bridgehead atoms. The summed E-state index contributed by atoms with van der Waals surface area (Å²) in [7, 11) is 0. The summed E-state index contributed by atoms with van der Waals surface area (Å²) in [6, 6.07) is 19.3. The normalized spacial score (nSPS) is 13.6. The molecule has 27 heavy (non-hydrogen) atoms. The van der Waals surface area contributed by atoms with Gasteiger partial charge in [0.25, 0.3) is 0 Å². The van der Waals surface area contributed by atoms with Crippen LogP contribution >= 0.6 is 0 Å². The zero-order valence-electron chi connectivity index (χ0n) is 14.7. The number of rotatable bonds is 4. The first kappa shape index (κ1) is 17.6. The molecule has 0 radical (unpaired) electrons. The quantitative estimate of drug-likeness (QED) is 0.319. The molecule has 3 aromatic rings. The number of aromatic nitrogens is 1. The van der Waals surface area contributed by atoms with Crippen molar-refractivity contribution in [2.24, 2.45) is 0 Å². The fourth-order valence-corrected chi connectivity index (χ4v) is 4.79. The molecule has 1 aliphatic rings. The van der Waals surface area contributed by atoms with Crippen LogP contribution in [-0.4, -0.2) is 14.9 Å². The summed E-state index contributed by atoms with van der Waals surface area (Å²) >= 11 is -0.950. The van der Waals surface area contributed by atoms with E-state index in [-0.39, 0.29) is 11.8 Å². The van der Waals surface area contributed by atoms with Gasteiger partial charge >= 0.3 is 169 Å². The van der Waals surface area contributed by atoms with Crippen molar-refractivity contribution in [2.75, 3.05) is 0 Å². The number of imide groups is 1. The molecule has 134 valence electrons. The summed E-state index contributed by atoms with van der Waals surface area (Å²) in [5.74, 6) is -0.390. The molecule has 5 heteroatoms. The summed E-state index contributed by atoms with van der Waals surface area (Å²) < 4.78 is 3.31. The van der Waals surface area contributed by atoms with Gasteiger partial charge in [-0.15, -0.1) is 0 Å². The number of hydrogen-bond acceptors (Lipinski definition) is 2. The van der Waals surface area contributed by atoms with Crippen LogP contribution in [0.15, 0.2) is 73.1 Å². The van der Waals surface area contributed by atoms with Crippen molar-refractivity contribution in [1.82, 2.24) is 3.11 Å². The van der Waals surface area contributed by atoms with Gasteiger partial charge in [0.15, 0.2) is 0 Å². The van der Waals surface area contributed by atoms with Gasteiger partial charge in [0, 0.05) is 0 Å². The molecule has 0 N–H and O–H groups in total. The predicted molar refractivity (Wildman–Crippen MR) is 99.1 cm³/mol. The number of carbonyl (C=O) groups excluding carboxylic acids is 2. The first-order valence-corrected chi connectivity index (χ1v) is 10.4. The molecule has 4 nitrogen and oxygen atoms in total. The first-order chi connectivity index (χ1) is 13.1. The van der Waals surface area contributed by atoms with Crippen molar-refractivity contribution >= 4 is 24.0 Å². The van der Waals surface area contributed by atoms with Gasteiger partial charge in [0.1, 0.15) is 0 Å². The maximum absolute atomic E-state index is 12.5. The Bertz CT molecular complexity index is 1010. The topological polar surface area (TPSA) is 41.3 Å². The third-order valence-corrected chi connectivity index (χ3v) is 6.72. The molecule has 2 aromatic carbocycles. The first-order valence-electron chi connectivity index (χ1n) is 8.51. The van der Waals surface area contributed by atoms with E-state index < -0.39 is 21.8 Å². The van der Waals surface area contributed by atoms with Crippen molar-refractivity contribution in [2.45, 2.75) is 6.92 Å².